The average Bonchev–Trinajstić information content (AvgIpc) is 2.93. The number of halogens is 3. The van der Waals surface area contributed by atoms with E-state index in [0.717, 1.165) is 27.4 Å². The highest BCUT2D eigenvalue weighted by Crippen LogP contribution is 2.32. The molecule has 0 atom stereocenters. The van der Waals surface area contributed by atoms with Crippen molar-refractivity contribution in [3.8, 4) is 0 Å². The molecular weight excluding hydrogens is 377 g/mol. The van der Waals surface area contributed by atoms with Gasteiger partial charge < -0.3 is 4.74 Å². The smallest absolute Gasteiger partial charge is 0.417 e. The maximum atomic E-state index is 12.8. The third-order valence-electron chi connectivity index (χ3n) is 4.37. The predicted octanol–water partition coefficient (Wildman–Crippen LogP) is 1.84. The van der Waals surface area contributed by atoms with Gasteiger partial charge in [-0.05, 0) is 31.0 Å². The zero-order valence-electron chi connectivity index (χ0n) is 13.4. The molecule has 26 heavy (non-hydrogen) atoms. The first-order valence-electron chi connectivity index (χ1n) is 7.77. The number of hydrogen-bond acceptors (Lipinski definition) is 5. The number of carbonyl (C=O) groups is 2. The lowest BCUT2D eigenvalue weighted by Crippen LogP contribution is -2.48. The van der Waals surface area contributed by atoms with Gasteiger partial charge in [0.2, 0.25) is 10.0 Å². The first-order valence-corrected chi connectivity index (χ1v) is 9.21. The summed E-state index contributed by atoms with van der Waals surface area (Å²) < 4.78 is 69.3. The van der Waals surface area contributed by atoms with Gasteiger partial charge in [0.05, 0.1) is 10.5 Å². The third kappa shape index (κ3) is 3.40. The molecule has 11 heteroatoms. The molecule has 2 saturated heterocycles. The summed E-state index contributed by atoms with van der Waals surface area (Å²) >= 11 is 0. The zero-order chi connectivity index (χ0) is 19.1. The summed E-state index contributed by atoms with van der Waals surface area (Å²) in [6, 6.07) is 3.07. The molecule has 0 N–H and O–H groups in total. The summed E-state index contributed by atoms with van der Waals surface area (Å²) in [4.78, 5) is 23.8. The Hall–Kier alpha value is -2.14. The minimum absolute atomic E-state index is 0.0136. The van der Waals surface area contributed by atoms with Crippen LogP contribution in [0.2, 0.25) is 0 Å². The van der Waals surface area contributed by atoms with E-state index in [1.165, 1.54) is 0 Å². The minimum Gasteiger partial charge on any atom is -0.439 e. The normalized spacial score (nSPS) is 20.5. The molecule has 0 radical (unpaired) electrons. The van der Waals surface area contributed by atoms with Crippen LogP contribution in [0.5, 0.6) is 0 Å². The van der Waals surface area contributed by atoms with Gasteiger partial charge in [0.15, 0.2) is 6.61 Å². The molecule has 0 spiro atoms. The highest BCUT2D eigenvalue weighted by Gasteiger charge is 2.40. The Morgan fingerprint density at radius 2 is 1.77 bits per heavy atom. The molecule has 1 aromatic carbocycles. The van der Waals surface area contributed by atoms with Gasteiger partial charge in [-0.3, -0.25) is 4.79 Å². The molecule has 2 fully saturated rings. The number of piperidine rings is 1. The standard InChI is InChI=1S/C15H15F3N2O5S/c16-15(17,18)10-2-1-3-12(8-10)26(23,24)19-6-4-11(5-7-19)20-13(21)9-25-14(20)22/h1-3,8,11H,4-7,9H2. The molecule has 0 aromatic heterocycles. The van der Waals surface area contributed by atoms with Crippen LogP contribution in [0.3, 0.4) is 0 Å². The van der Waals surface area contributed by atoms with Gasteiger partial charge >= 0.3 is 12.3 Å². The topological polar surface area (TPSA) is 84.0 Å². The van der Waals surface area contributed by atoms with Gasteiger partial charge in [0.1, 0.15) is 0 Å². The summed E-state index contributed by atoms with van der Waals surface area (Å²) in [6.45, 7) is -0.359. The summed E-state index contributed by atoms with van der Waals surface area (Å²) in [6.07, 6.45) is -5.01. The monoisotopic (exact) mass is 392 g/mol. The van der Waals surface area contributed by atoms with E-state index in [0.29, 0.717) is 6.07 Å². The molecule has 0 unspecified atom stereocenters. The second-order valence-corrected chi connectivity index (χ2v) is 7.92. The third-order valence-corrected chi connectivity index (χ3v) is 6.27. The molecule has 2 aliphatic heterocycles. The second-order valence-electron chi connectivity index (χ2n) is 5.98. The Labute approximate surface area is 147 Å². The Kier molecular flexibility index (Phi) is 4.69. The number of sulfonamides is 1. The van der Waals surface area contributed by atoms with Crippen molar-refractivity contribution < 1.29 is 35.9 Å². The van der Waals surface area contributed by atoms with Gasteiger partial charge in [0, 0.05) is 19.1 Å². The highest BCUT2D eigenvalue weighted by atomic mass is 32.2. The SMILES string of the molecule is O=C1COC(=O)N1C1CCN(S(=O)(=O)c2cccc(C(F)(F)F)c2)CC1. The number of cyclic esters (lactones) is 1. The van der Waals surface area contributed by atoms with Crippen molar-refractivity contribution >= 4 is 22.0 Å². The fourth-order valence-electron chi connectivity index (χ4n) is 3.04. The van der Waals surface area contributed by atoms with Gasteiger partial charge in [-0.1, -0.05) is 6.07 Å². The van der Waals surface area contributed by atoms with Crippen molar-refractivity contribution in [3.05, 3.63) is 29.8 Å². The Balaban J connectivity index is 1.74. The first kappa shape index (κ1) is 18.6. The van der Waals surface area contributed by atoms with Crippen molar-refractivity contribution in [2.45, 2.75) is 30.0 Å². The van der Waals surface area contributed by atoms with Crippen LogP contribution in [0.15, 0.2) is 29.2 Å². The number of hydrogen-bond donors (Lipinski definition) is 0. The Morgan fingerprint density at radius 1 is 1.12 bits per heavy atom. The number of amides is 2. The van der Waals surface area contributed by atoms with E-state index in [1.54, 1.807) is 0 Å². The number of benzene rings is 1. The number of imide groups is 1. The van der Waals surface area contributed by atoms with Crippen LogP contribution in [0, 0.1) is 0 Å². The molecule has 7 nitrogen and oxygen atoms in total. The van der Waals surface area contributed by atoms with Crippen LogP contribution in [0.4, 0.5) is 18.0 Å². The van der Waals surface area contributed by atoms with E-state index in [-0.39, 0.29) is 32.5 Å². The maximum Gasteiger partial charge on any atom is 0.417 e. The molecule has 2 heterocycles. The van der Waals surface area contributed by atoms with Crippen LogP contribution in [-0.2, 0) is 25.7 Å². The fourth-order valence-corrected chi connectivity index (χ4v) is 4.56. The van der Waals surface area contributed by atoms with Gasteiger partial charge in [-0.25, -0.2) is 18.1 Å². The predicted molar refractivity (Wildman–Crippen MR) is 81.4 cm³/mol. The minimum atomic E-state index is -4.64. The fraction of sp³-hybridized carbons (Fsp3) is 0.467. The van der Waals surface area contributed by atoms with E-state index in [2.05, 4.69) is 4.74 Å². The van der Waals surface area contributed by atoms with Gasteiger partial charge in [-0.15, -0.1) is 0 Å². The van der Waals surface area contributed by atoms with Crippen molar-refractivity contribution in [2.24, 2.45) is 0 Å². The van der Waals surface area contributed by atoms with Crippen LogP contribution < -0.4 is 0 Å². The van der Waals surface area contributed by atoms with E-state index in [1.807, 2.05) is 0 Å². The average molecular weight is 392 g/mol. The van der Waals surface area contributed by atoms with Crippen molar-refractivity contribution in [1.82, 2.24) is 9.21 Å². The van der Waals surface area contributed by atoms with Crippen LogP contribution >= 0.6 is 0 Å². The molecule has 0 aliphatic carbocycles. The lowest BCUT2D eigenvalue weighted by atomic mass is 10.1. The van der Waals surface area contributed by atoms with Crippen LogP contribution in [-0.4, -0.2) is 55.4 Å². The van der Waals surface area contributed by atoms with Crippen LogP contribution in [0.1, 0.15) is 18.4 Å². The number of nitrogens with zero attached hydrogens (tertiary/aromatic N) is 2. The number of rotatable bonds is 3. The second kappa shape index (κ2) is 6.54. The molecule has 2 aliphatic rings. The summed E-state index contributed by atoms with van der Waals surface area (Å²) in [5, 5.41) is 0. The molecule has 2 amide bonds. The molecular formula is C15H15F3N2O5S. The molecule has 3 rings (SSSR count). The van der Waals surface area contributed by atoms with E-state index in [4.69, 9.17) is 0 Å². The van der Waals surface area contributed by atoms with E-state index < -0.39 is 44.7 Å². The number of ether oxygens (including phenoxy) is 1. The Bertz CT molecular complexity index is 816. The lowest BCUT2D eigenvalue weighted by Gasteiger charge is -2.34. The lowest BCUT2D eigenvalue weighted by molar-refractivity contribution is -0.137. The summed E-state index contributed by atoms with van der Waals surface area (Å²) in [5.41, 5.74) is -1.04. The van der Waals surface area contributed by atoms with Gasteiger partial charge in [0.25, 0.3) is 5.91 Å². The van der Waals surface area contributed by atoms with Crippen LogP contribution in [0.25, 0.3) is 0 Å². The zero-order valence-corrected chi connectivity index (χ0v) is 14.2. The van der Waals surface area contributed by atoms with Crippen molar-refractivity contribution in [3.63, 3.8) is 0 Å². The Morgan fingerprint density at radius 3 is 2.31 bits per heavy atom. The number of carbonyl (C=O) groups excluding carboxylic acids is 2. The van der Waals surface area contributed by atoms with Crippen molar-refractivity contribution in [2.75, 3.05) is 19.7 Å². The maximum absolute atomic E-state index is 12.8. The van der Waals surface area contributed by atoms with E-state index >= 15 is 0 Å². The quantitative estimate of drug-likeness (QED) is 0.784. The van der Waals surface area contributed by atoms with Crippen molar-refractivity contribution in [1.29, 1.82) is 0 Å². The molecule has 1 aromatic rings. The molecule has 0 saturated carbocycles. The summed E-state index contributed by atoms with van der Waals surface area (Å²) in [7, 11) is -4.11. The first-order chi connectivity index (χ1) is 12.1. The largest absolute Gasteiger partial charge is 0.439 e. The molecule has 0 bridgehead atoms. The summed E-state index contributed by atoms with van der Waals surface area (Å²) in [5.74, 6) is -0.478. The number of alkyl halides is 3. The highest BCUT2D eigenvalue weighted by molar-refractivity contribution is 7.89. The molecule has 142 valence electrons. The van der Waals surface area contributed by atoms with Gasteiger partial charge in [-0.2, -0.15) is 17.5 Å². The van der Waals surface area contributed by atoms with E-state index in [9.17, 15) is 31.2 Å².